The fourth-order valence-corrected chi connectivity index (χ4v) is 6.48. The second-order valence-corrected chi connectivity index (χ2v) is 13.8. The molecule has 1 aliphatic rings. The van der Waals surface area contributed by atoms with E-state index in [4.69, 9.17) is 9.47 Å². The fraction of sp³-hybridized carbons (Fsp3) is 0.515. The van der Waals surface area contributed by atoms with Crippen molar-refractivity contribution >= 4 is 21.6 Å². The Morgan fingerprint density at radius 1 is 1.16 bits per heavy atom. The number of rotatable bonds is 9. The molecular weight excluding hydrogens is 594 g/mol. The first kappa shape index (κ1) is 34.4. The van der Waals surface area contributed by atoms with E-state index in [-0.39, 0.29) is 46.9 Å². The normalized spacial score (nSPS) is 21.1. The number of imidazole rings is 1. The molecule has 2 heterocycles. The summed E-state index contributed by atoms with van der Waals surface area (Å²) in [5.74, 6) is -0.0697. The Morgan fingerprint density at radius 2 is 1.91 bits per heavy atom. The molecule has 246 valence electrons. The zero-order chi connectivity index (χ0) is 32.6. The maximum atomic E-state index is 14.3. The highest BCUT2D eigenvalue weighted by atomic mass is 32.2. The van der Waals surface area contributed by atoms with E-state index in [1.54, 1.807) is 35.6 Å². The summed E-state index contributed by atoms with van der Waals surface area (Å²) in [6.07, 6.45) is 4.98. The Hall–Kier alpha value is -3.45. The van der Waals surface area contributed by atoms with Crippen LogP contribution in [0.15, 0.2) is 66.1 Å². The van der Waals surface area contributed by atoms with Gasteiger partial charge in [0.05, 0.1) is 36.7 Å². The van der Waals surface area contributed by atoms with Crippen LogP contribution in [-0.4, -0.2) is 90.4 Å². The Bertz CT molecular complexity index is 1500. The van der Waals surface area contributed by atoms with E-state index in [1.807, 2.05) is 25.1 Å². The van der Waals surface area contributed by atoms with Crippen LogP contribution >= 0.6 is 0 Å². The second-order valence-electron chi connectivity index (χ2n) is 12.2. The number of hydrogen-bond donors (Lipinski definition) is 2. The number of aromatic nitrogens is 2. The molecule has 0 bridgehead atoms. The van der Waals surface area contributed by atoms with Gasteiger partial charge in [0.25, 0.3) is 15.9 Å². The summed E-state index contributed by atoms with van der Waals surface area (Å²) < 4.78 is 42.9. The maximum Gasteiger partial charge on any atom is 0.280 e. The number of aliphatic hydroxyl groups is 1. The summed E-state index contributed by atoms with van der Waals surface area (Å²) in [5, 5.41) is 10.1. The Morgan fingerprint density at radius 3 is 2.60 bits per heavy atom. The lowest BCUT2D eigenvalue weighted by molar-refractivity contribution is -0.0177. The lowest BCUT2D eigenvalue weighted by Crippen LogP contribution is -2.47. The van der Waals surface area contributed by atoms with E-state index in [9.17, 15) is 18.3 Å². The van der Waals surface area contributed by atoms with E-state index in [2.05, 4.69) is 40.7 Å². The number of carbonyl (C=O) groups is 1. The van der Waals surface area contributed by atoms with Gasteiger partial charge in [-0.2, -0.15) is 8.42 Å². The van der Waals surface area contributed by atoms with Crippen molar-refractivity contribution in [2.75, 3.05) is 38.1 Å². The molecule has 1 aliphatic heterocycles. The van der Waals surface area contributed by atoms with Crippen LogP contribution in [0, 0.1) is 5.92 Å². The zero-order valence-electron chi connectivity index (χ0n) is 26.9. The number of aliphatic hydroxyl groups excluding tert-OH is 1. The molecule has 12 heteroatoms. The third kappa shape index (κ3) is 9.52. The van der Waals surface area contributed by atoms with E-state index >= 15 is 0 Å². The molecule has 0 spiro atoms. The average molecular weight is 642 g/mol. The Kier molecular flexibility index (Phi) is 12.0. The van der Waals surface area contributed by atoms with Crippen molar-refractivity contribution in [1.29, 1.82) is 0 Å². The highest BCUT2D eigenvalue weighted by Crippen LogP contribution is 2.29. The molecule has 0 saturated carbocycles. The minimum absolute atomic E-state index is 0.0711. The lowest BCUT2D eigenvalue weighted by atomic mass is 10.0. The summed E-state index contributed by atoms with van der Waals surface area (Å²) in [6.45, 7) is 7.93. The molecule has 4 atom stereocenters. The summed E-state index contributed by atoms with van der Waals surface area (Å²) >= 11 is 0. The van der Waals surface area contributed by atoms with Crippen LogP contribution in [0.1, 0.15) is 56.0 Å². The number of fused-ring (bicyclic) bond motifs is 1. The number of likely N-dealkylation sites (N-methyl/N-ethyl adjacent to an activating group) is 1. The Labute approximate surface area is 267 Å². The molecule has 0 fully saturated rings. The summed E-state index contributed by atoms with van der Waals surface area (Å²) in [6, 6.07) is 14.5. The lowest BCUT2D eigenvalue weighted by Gasteiger charge is -2.36. The summed E-state index contributed by atoms with van der Waals surface area (Å²) in [5.41, 5.74) is 1.63. The molecule has 11 nitrogen and oxygen atoms in total. The van der Waals surface area contributed by atoms with Gasteiger partial charge in [0.15, 0.2) is 5.03 Å². The van der Waals surface area contributed by atoms with Gasteiger partial charge in [-0.15, -0.1) is 0 Å². The fourth-order valence-electron chi connectivity index (χ4n) is 5.45. The van der Waals surface area contributed by atoms with Crippen LogP contribution in [-0.2, 0) is 28.4 Å². The largest absolute Gasteiger partial charge is 0.490 e. The number of hydrogen-bond acceptors (Lipinski definition) is 8. The molecule has 0 unspecified atom stereocenters. The SMILES string of the molecule is C[C@H]1CCCCO[C@H](CN(C)Cc2ccccc2)[C@@H](C)CN([C@@H](C)CO)C(=O)c2cc(NS(=O)(=O)c3cn(C)cn3)ccc2O1. The molecule has 0 aliphatic carbocycles. The van der Waals surface area contributed by atoms with Crippen LogP contribution in [0.4, 0.5) is 5.69 Å². The number of anilines is 1. The van der Waals surface area contributed by atoms with Gasteiger partial charge in [0, 0.05) is 51.1 Å². The molecule has 45 heavy (non-hydrogen) atoms. The number of amides is 1. The number of nitrogens with zero attached hydrogens (tertiary/aromatic N) is 4. The van der Waals surface area contributed by atoms with Crippen LogP contribution in [0.3, 0.4) is 0 Å². The highest BCUT2D eigenvalue weighted by Gasteiger charge is 2.31. The standard InChI is InChI=1S/C33H47N5O6S/c1-24-18-38(25(2)22-39)33(40)29-17-28(35-45(41,42)32-21-37(5)23-34-32)14-15-30(29)44-26(3)11-9-10-16-43-31(24)20-36(4)19-27-12-7-6-8-13-27/h6-8,12-15,17,21,23-26,31,35,39H,9-11,16,18-20,22H2,1-5H3/t24-,25-,26-,31+/m0/s1. The summed E-state index contributed by atoms with van der Waals surface area (Å²) in [4.78, 5) is 22.1. The van der Waals surface area contributed by atoms with Gasteiger partial charge in [-0.05, 0) is 63.9 Å². The molecule has 0 saturated heterocycles. The number of carbonyl (C=O) groups excluding carboxylic acids is 1. The second kappa shape index (κ2) is 15.7. The predicted molar refractivity (Wildman–Crippen MR) is 174 cm³/mol. The molecule has 4 rings (SSSR count). The van der Waals surface area contributed by atoms with Crippen LogP contribution in [0.2, 0.25) is 0 Å². The van der Waals surface area contributed by atoms with Gasteiger partial charge in [-0.3, -0.25) is 14.4 Å². The molecule has 2 aromatic carbocycles. The number of aryl methyl sites for hydroxylation is 1. The van der Waals surface area contributed by atoms with Crippen LogP contribution in [0.25, 0.3) is 0 Å². The van der Waals surface area contributed by atoms with Gasteiger partial charge < -0.3 is 24.0 Å². The predicted octanol–water partition coefficient (Wildman–Crippen LogP) is 4.15. The van der Waals surface area contributed by atoms with Crippen LogP contribution in [0.5, 0.6) is 5.75 Å². The molecular formula is C33H47N5O6S. The van der Waals surface area contributed by atoms with E-state index in [0.717, 1.165) is 25.8 Å². The van der Waals surface area contributed by atoms with E-state index in [1.165, 1.54) is 24.2 Å². The first-order valence-electron chi connectivity index (χ1n) is 15.5. The third-order valence-corrected chi connectivity index (χ3v) is 9.31. The highest BCUT2D eigenvalue weighted by molar-refractivity contribution is 7.92. The van der Waals surface area contributed by atoms with Crippen LogP contribution < -0.4 is 9.46 Å². The van der Waals surface area contributed by atoms with Gasteiger partial charge in [0.1, 0.15) is 5.75 Å². The van der Waals surface area contributed by atoms with Crippen molar-refractivity contribution < 1.29 is 27.8 Å². The minimum atomic E-state index is -3.99. The van der Waals surface area contributed by atoms with Crippen molar-refractivity contribution in [3.63, 3.8) is 0 Å². The number of ether oxygens (including phenoxy) is 2. The Balaban J connectivity index is 1.64. The van der Waals surface area contributed by atoms with Gasteiger partial charge in [-0.25, -0.2) is 4.98 Å². The topological polar surface area (TPSA) is 126 Å². The number of benzene rings is 2. The maximum absolute atomic E-state index is 14.3. The van der Waals surface area contributed by atoms with Crippen molar-refractivity contribution in [3.05, 3.63) is 72.2 Å². The molecule has 3 aromatic rings. The summed E-state index contributed by atoms with van der Waals surface area (Å²) in [7, 11) is -0.239. The van der Waals surface area contributed by atoms with Crippen molar-refractivity contribution in [1.82, 2.24) is 19.4 Å². The van der Waals surface area contributed by atoms with Gasteiger partial charge in [0.2, 0.25) is 0 Å². The van der Waals surface area contributed by atoms with Crippen molar-refractivity contribution in [2.24, 2.45) is 13.0 Å². The third-order valence-electron chi connectivity index (χ3n) is 8.05. The first-order valence-corrected chi connectivity index (χ1v) is 17.0. The molecule has 2 N–H and O–H groups in total. The number of nitrogens with one attached hydrogen (secondary N) is 1. The number of sulfonamides is 1. The van der Waals surface area contributed by atoms with Gasteiger partial charge >= 0.3 is 0 Å². The first-order chi connectivity index (χ1) is 21.5. The zero-order valence-corrected chi connectivity index (χ0v) is 27.7. The monoisotopic (exact) mass is 641 g/mol. The van der Waals surface area contributed by atoms with Gasteiger partial charge in [-0.1, -0.05) is 37.3 Å². The minimum Gasteiger partial charge on any atom is -0.490 e. The van der Waals surface area contributed by atoms with E-state index < -0.39 is 16.1 Å². The molecule has 0 radical (unpaired) electrons. The average Bonchev–Trinajstić information content (AvgIpc) is 3.46. The quantitative estimate of drug-likeness (QED) is 0.357. The smallest absolute Gasteiger partial charge is 0.280 e. The van der Waals surface area contributed by atoms with E-state index in [0.29, 0.717) is 25.4 Å². The molecule has 1 amide bonds. The molecule has 1 aromatic heterocycles. The van der Waals surface area contributed by atoms with Crippen molar-refractivity contribution in [2.45, 2.75) is 69.9 Å². The van der Waals surface area contributed by atoms with Crippen molar-refractivity contribution in [3.8, 4) is 5.75 Å².